The third kappa shape index (κ3) is 12.8. The number of carbonyl (C=O) groups is 2. The molecule has 0 spiro atoms. The second-order valence-corrected chi connectivity index (χ2v) is 12.2. The van der Waals surface area contributed by atoms with Gasteiger partial charge in [-0.15, -0.1) is 0 Å². The van der Waals surface area contributed by atoms with E-state index in [1.807, 2.05) is 97.1 Å². The van der Waals surface area contributed by atoms with E-state index in [4.69, 9.17) is 4.74 Å². The van der Waals surface area contributed by atoms with Crippen LogP contribution in [-0.4, -0.2) is 31.0 Å². The number of rotatable bonds is 12. The standard InChI is InChI=1S/C22H21N5O2.C21H18N4O2/c1-16(28)27(2)21-12-8-19(9-13-21)25-23-17-4-6-18(7-5-17)24-26-20-10-14-22(29-3)15-11-20;1-15(26)14-16-2-4-17(5-3-16)22-23-18-6-8-19(9-7-18)24-25-20-10-12-21(27)13-11-20/h4-15H,1-3H3;2-13,27H,14H2,1H3. The predicted octanol–water partition coefficient (Wildman–Crippen LogP) is 12.9. The number of carbonyl (C=O) groups excluding carboxylic acids is 2. The van der Waals surface area contributed by atoms with Gasteiger partial charge >= 0.3 is 0 Å². The summed E-state index contributed by atoms with van der Waals surface area (Å²) in [6, 6.07) is 43.1. The Labute approximate surface area is 324 Å². The molecule has 0 aromatic heterocycles. The highest BCUT2D eigenvalue weighted by molar-refractivity contribution is 5.91. The first-order chi connectivity index (χ1) is 27.1. The smallest absolute Gasteiger partial charge is 0.223 e. The summed E-state index contributed by atoms with van der Waals surface area (Å²) in [7, 11) is 3.35. The molecule has 6 rings (SSSR count). The maximum Gasteiger partial charge on any atom is 0.223 e. The van der Waals surface area contributed by atoms with Crippen LogP contribution < -0.4 is 9.64 Å². The van der Waals surface area contributed by atoms with E-state index in [1.165, 1.54) is 6.92 Å². The fraction of sp³-hybridized carbons (Fsp3) is 0.116. The number of phenols is 1. The fourth-order valence-corrected chi connectivity index (χ4v) is 4.69. The van der Waals surface area contributed by atoms with Crippen molar-refractivity contribution in [3.63, 3.8) is 0 Å². The monoisotopic (exact) mass is 745 g/mol. The second-order valence-electron chi connectivity index (χ2n) is 12.2. The SMILES string of the molecule is CC(=O)Cc1ccc(N=Nc2ccc(N=Nc3ccc(O)cc3)cc2)cc1.COc1ccc(N=Nc2ccc(N=Nc3ccc(N(C)C(C)=O)cc3)cc2)cc1. The molecule has 13 heteroatoms. The van der Waals surface area contributed by atoms with Crippen molar-refractivity contribution < 1.29 is 19.4 Å². The Morgan fingerprint density at radius 1 is 0.482 bits per heavy atom. The molecule has 0 radical (unpaired) electrons. The van der Waals surface area contributed by atoms with Crippen LogP contribution in [0.4, 0.5) is 51.2 Å². The summed E-state index contributed by atoms with van der Waals surface area (Å²) >= 11 is 0. The van der Waals surface area contributed by atoms with E-state index in [1.54, 1.807) is 74.5 Å². The number of Topliss-reactive ketones (excluding diaryl/α,β-unsaturated/α-hetero) is 1. The lowest BCUT2D eigenvalue weighted by Crippen LogP contribution is -2.22. The van der Waals surface area contributed by atoms with E-state index in [-0.39, 0.29) is 17.4 Å². The third-order valence-electron chi connectivity index (χ3n) is 7.84. The number of amides is 1. The Balaban J connectivity index is 0.000000215. The van der Waals surface area contributed by atoms with Gasteiger partial charge in [-0.05, 0) is 146 Å². The van der Waals surface area contributed by atoms with Crippen molar-refractivity contribution in [1.82, 2.24) is 0 Å². The van der Waals surface area contributed by atoms with Crippen molar-refractivity contribution >= 4 is 62.9 Å². The number of benzene rings is 6. The molecule has 13 nitrogen and oxygen atoms in total. The number of ether oxygens (including phenoxy) is 1. The molecule has 0 atom stereocenters. The van der Waals surface area contributed by atoms with Crippen molar-refractivity contribution in [2.45, 2.75) is 20.3 Å². The minimum atomic E-state index is -0.0244. The summed E-state index contributed by atoms with van der Waals surface area (Å²) in [4.78, 5) is 24.1. The van der Waals surface area contributed by atoms with Crippen molar-refractivity contribution in [3.05, 3.63) is 151 Å². The highest BCUT2D eigenvalue weighted by Gasteiger charge is 2.05. The number of azo groups is 4. The van der Waals surface area contributed by atoms with Gasteiger partial charge in [-0.25, -0.2) is 0 Å². The van der Waals surface area contributed by atoms with Gasteiger partial charge in [0.2, 0.25) is 5.91 Å². The molecular weight excluding hydrogens is 707 g/mol. The number of hydrogen-bond donors (Lipinski definition) is 1. The Morgan fingerprint density at radius 3 is 1.07 bits per heavy atom. The van der Waals surface area contributed by atoms with Crippen molar-refractivity contribution in [1.29, 1.82) is 0 Å². The van der Waals surface area contributed by atoms with Crippen molar-refractivity contribution in [2.24, 2.45) is 40.9 Å². The molecule has 6 aromatic rings. The van der Waals surface area contributed by atoms with Crippen LogP contribution in [0.2, 0.25) is 0 Å². The molecule has 0 unspecified atom stereocenters. The zero-order chi connectivity index (χ0) is 39.7. The largest absolute Gasteiger partial charge is 0.508 e. The van der Waals surface area contributed by atoms with Crippen molar-refractivity contribution in [2.75, 3.05) is 19.1 Å². The number of anilines is 1. The number of hydrogen-bond acceptors (Lipinski definition) is 12. The zero-order valence-electron chi connectivity index (χ0n) is 31.3. The van der Waals surface area contributed by atoms with Gasteiger partial charge in [-0.2, -0.15) is 40.9 Å². The number of phenolic OH excluding ortho intramolecular Hbond substituents is 1. The summed E-state index contributed by atoms with van der Waals surface area (Å²) in [5.74, 6) is 1.08. The normalized spacial score (nSPS) is 11.2. The van der Waals surface area contributed by atoms with Crippen LogP contribution in [0.3, 0.4) is 0 Å². The van der Waals surface area contributed by atoms with Gasteiger partial charge in [-0.3, -0.25) is 9.59 Å². The molecule has 0 bridgehead atoms. The van der Waals surface area contributed by atoms with Gasteiger partial charge in [0.25, 0.3) is 0 Å². The van der Waals surface area contributed by atoms with Crippen LogP contribution in [0, 0.1) is 0 Å². The van der Waals surface area contributed by atoms with Crippen LogP contribution in [-0.2, 0) is 16.0 Å². The Kier molecular flexibility index (Phi) is 14.2. The molecule has 1 N–H and O–H groups in total. The Bertz CT molecular complexity index is 2310. The molecule has 56 heavy (non-hydrogen) atoms. The quantitative estimate of drug-likeness (QED) is 0.123. The van der Waals surface area contributed by atoms with Gasteiger partial charge in [0.15, 0.2) is 0 Å². The lowest BCUT2D eigenvalue weighted by atomic mass is 10.1. The molecule has 0 saturated heterocycles. The number of methoxy groups -OCH3 is 1. The van der Waals surface area contributed by atoms with Crippen LogP contribution in [0.5, 0.6) is 11.5 Å². The predicted molar refractivity (Wildman–Crippen MR) is 217 cm³/mol. The number of aromatic hydroxyl groups is 1. The molecule has 280 valence electrons. The third-order valence-corrected chi connectivity index (χ3v) is 7.84. The molecule has 0 heterocycles. The zero-order valence-corrected chi connectivity index (χ0v) is 31.3. The summed E-state index contributed by atoms with van der Waals surface area (Å²) in [6.45, 7) is 3.09. The van der Waals surface area contributed by atoms with Crippen LogP contribution in [0.25, 0.3) is 0 Å². The molecule has 6 aromatic carbocycles. The molecule has 0 aliphatic rings. The minimum absolute atomic E-state index is 0.0244. The maximum atomic E-state index is 11.4. The molecule has 1 amide bonds. The van der Waals surface area contributed by atoms with E-state index in [2.05, 4.69) is 40.9 Å². The highest BCUT2D eigenvalue weighted by atomic mass is 16.5. The molecule has 0 saturated carbocycles. The van der Waals surface area contributed by atoms with E-state index in [9.17, 15) is 14.7 Å². The summed E-state index contributed by atoms with van der Waals surface area (Å²) in [5.41, 5.74) is 7.41. The van der Waals surface area contributed by atoms with E-state index in [0.29, 0.717) is 34.9 Å². The molecule has 0 fully saturated rings. The average molecular weight is 746 g/mol. The fourth-order valence-electron chi connectivity index (χ4n) is 4.69. The Morgan fingerprint density at radius 2 is 0.768 bits per heavy atom. The van der Waals surface area contributed by atoms with Gasteiger partial charge < -0.3 is 14.7 Å². The molecule has 0 aliphatic heterocycles. The van der Waals surface area contributed by atoms with Gasteiger partial charge in [0.1, 0.15) is 17.3 Å². The van der Waals surface area contributed by atoms with Gasteiger partial charge in [0, 0.05) is 26.1 Å². The topological polar surface area (TPSA) is 166 Å². The van der Waals surface area contributed by atoms with Crippen LogP contribution >= 0.6 is 0 Å². The minimum Gasteiger partial charge on any atom is -0.508 e. The van der Waals surface area contributed by atoms with Crippen molar-refractivity contribution in [3.8, 4) is 11.5 Å². The summed E-state index contributed by atoms with van der Waals surface area (Å²) in [5, 5.41) is 42.7. The van der Waals surface area contributed by atoms with E-state index >= 15 is 0 Å². The maximum absolute atomic E-state index is 11.4. The average Bonchev–Trinajstić information content (AvgIpc) is 3.22. The molecule has 0 aliphatic carbocycles. The first kappa shape index (κ1) is 39.7. The lowest BCUT2D eigenvalue weighted by molar-refractivity contribution is -0.117. The lowest BCUT2D eigenvalue weighted by Gasteiger charge is -2.14. The summed E-state index contributed by atoms with van der Waals surface area (Å²) in [6.07, 6.45) is 0.428. The Hall–Kier alpha value is -7.54. The second kappa shape index (κ2) is 20.1. The molecular formula is C43H39N9O4. The first-order valence-corrected chi connectivity index (χ1v) is 17.4. The van der Waals surface area contributed by atoms with E-state index in [0.717, 1.165) is 34.1 Å². The van der Waals surface area contributed by atoms with Crippen LogP contribution in [0.15, 0.2) is 187 Å². The number of ketones is 1. The number of nitrogens with zero attached hydrogens (tertiary/aromatic N) is 9. The van der Waals surface area contributed by atoms with Gasteiger partial charge in [0.05, 0.1) is 52.6 Å². The summed E-state index contributed by atoms with van der Waals surface area (Å²) < 4.78 is 5.12. The highest BCUT2D eigenvalue weighted by Crippen LogP contribution is 2.27. The van der Waals surface area contributed by atoms with E-state index < -0.39 is 0 Å². The van der Waals surface area contributed by atoms with Gasteiger partial charge in [-0.1, -0.05) is 12.1 Å². The first-order valence-electron chi connectivity index (χ1n) is 17.4. The van der Waals surface area contributed by atoms with Crippen LogP contribution in [0.1, 0.15) is 19.4 Å².